The Morgan fingerprint density at radius 3 is 2.38 bits per heavy atom. The highest BCUT2D eigenvalue weighted by Gasteiger charge is 2.50. The molecule has 1 fully saturated rings. The third-order valence-electron chi connectivity index (χ3n) is 6.95. The van der Waals surface area contributed by atoms with E-state index in [4.69, 9.17) is 18.9 Å². The fourth-order valence-corrected chi connectivity index (χ4v) is 4.96. The maximum absolute atomic E-state index is 13.5. The number of hydrogen-bond donors (Lipinski definition) is 3. The van der Waals surface area contributed by atoms with Crippen molar-refractivity contribution in [3.8, 4) is 22.6 Å². The molecule has 0 unspecified atom stereocenters. The molecular weight excluding hydrogens is 498 g/mol. The maximum Gasteiger partial charge on any atom is 0.252 e. The molecule has 1 saturated heterocycles. The van der Waals surface area contributed by atoms with E-state index in [9.17, 15) is 15.0 Å². The summed E-state index contributed by atoms with van der Waals surface area (Å²) < 4.78 is 22.8. The number of aliphatic hydroxyl groups is 2. The minimum atomic E-state index is -1.35. The van der Waals surface area contributed by atoms with Crippen molar-refractivity contribution in [2.24, 2.45) is 0 Å². The molecule has 208 valence electrons. The van der Waals surface area contributed by atoms with Crippen LogP contribution in [0.1, 0.15) is 36.2 Å². The van der Waals surface area contributed by atoms with Gasteiger partial charge in [-0.1, -0.05) is 48.5 Å². The summed E-state index contributed by atoms with van der Waals surface area (Å²) in [5, 5.41) is 24.3. The molecule has 8 heteroatoms. The highest BCUT2D eigenvalue weighted by atomic mass is 16.7. The number of hydrogen-bond acceptors (Lipinski definition) is 7. The molecule has 4 atom stereocenters. The third kappa shape index (κ3) is 6.59. The Hall–Kier alpha value is -3.43. The van der Waals surface area contributed by atoms with Gasteiger partial charge >= 0.3 is 0 Å². The van der Waals surface area contributed by atoms with Crippen LogP contribution in [0.5, 0.6) is 11.5 Å². The zero-order valence-corrected chi connectivity index (χ0v) is 22.8. The van der Waals surface area contributed by atoms with Crippen molar-refractivity contribution < 1.29 is 34.0 Å². The molecule has 3 N–H and O–H groups in total. The molecule has 0 radical (unpaired) electrons. The molecule has 8 nitrogen and oxygen atoms in total. The molecule has 3 aromatic carbocycles. The summed E-state index contributed by atoms with van der Waals surface area (Å²) in [6.07, 6.45) is -2.85. The summed E-state index contributed by atoms with van der Waals surface area (Å²) in [5.74, 6) is 0.677. The number of para-hydroxylation sites is 1. The van der Waals surface area contributed by atoms with Crippen LogP contribution in [0, 0.1) is 0 Å². The van der Waals surface area contributed by atoms with Gasteiger partial charge in [-0.05, 0) is 62.1 Å². The molecule has 4 rings (SSSR count). The van der Waals surface area contributed by atoms with E-state index in [-0.39, 0.29) is 5.91 Å². The molecule has 0 saturated carbocycles. The summed E-state index contributed by atoms with van der Waals surface area (Å²) in [7, 11) is 3.04. The lowest BCUT2D eigenvalue weighted by atomic mass is 9.89. The smallest absolute Gasteiger partial charge is 0.252 e. The van der Waals surface area contributed by atoms with Crippen molar-refractivity contribution in [3.05, 3.63) is 83.9 Å². The Kier molecular flexibility index (Phi) is 9.24. The molecule has 3 aromatic rings. The van der Waals surface area contributed by atoms with Crippen LogP contribution in [0.2, 0.25) is 0 Å². The van der Waals surface area contributed by atoms with E-state index in [2.05, 4.69) is 17.4 Å². The Labute approximate surface area is 229 Å². The SMILES string of the molecule is COc1ccccc1-c1ccc(O[C@H]2OC(C)(C)[C@H](OC)[C@@H](O)[C@H]2O)cc1C(=O)NCCCc1ccccc1. The van der Waals surface area contributed by atoms with Gasteiger partial charge < -0.3 is 34.5 Å². The van der Waals surface area contributed by atoms with Crippen molar-refractivity contribution in [3.63, 3.8) is 0 Å². The Morgan fingerprint density at radius 1 is 0.949 bits per heavy atom. The molecule has 0 spiro atoms. The van der Waals surface area contributed by atoms with Gasteiger partial charge in [-0.3, -0.25) is 4.79 Å². The highest BCUT2D eigenvalue weighted by molar-refractivity contribution is 6.02. The van der Waals surface area contributed by atoms with E-state index >= 15 is 0 Å². The number of carbonyl (C=O) groups excluding carboxylic acids is 1. The quantitative estimate of drug-likeness (QED) is 0.337. The summed E-state index contributed by atoms with van der Waals surface area (Å²) in [6, 6.07) is 22.7. The van der Waals surface area contributed by atoms with E-state index in [0.29, 0.717) is 29.2 Å². The zero-order valence-electron chi connectivity index (χ0n) is 22.8. The first kappa shape index (κ1) is 28.6. The molecule has 1 aliphatic heterocycles. The number of carbonyl (C=O) groups is 1. The molecule has 1 amide bonds. The van der Waals surface area contributed by atoms with Gasteiger partial charge in [0.2, 0.25) is 6.29 Å². The molecule has 0 aromatic heterocycles. The first-order valence-electron chi connectivity index (χ1n) is 13.1. The fraction of sp³-hybridized carbons (Fsp3) is 0.387. The van der Waals surface area contributed by atoms with Gasteiger partial charge in [-0.25, -0.2) is 0 Å². The Morgan fingerprint density at radius 2 is 1.67 bits per heavy atom. The van der Waals surface area contributed by atoms with Crippen molar-refractivity contribution in [1.29, 1.82) is 0 Å². The first-order valence-corrected chi connectivity index (χ1v) is 13.1. The van der Waals surface area contributed by atoms with Gasteiger partial charge in [0.25, 0.3) is 5.91 Å². The number of nitrogens with one attached hydrogen (secondary N) is 1. The number of methoxy groups -OCH3 is 2. The maximum atomic E-state index is 13.5. The third-order valence-corrected chi connectivity index (χ3v) is 6.95. The average molecular weight is 536 g/mol. The second kappa shape index (κ2) is 12.6. The Bertz CT molecular complexity index is 1250. The predicted molar refractivity (Wildman–Crippen MR) is 148 cm³/mol. The predicted octanol–water partition coefficient (Wildman–Crippen LogP) is 3.98. The summed E-state index contributed by atoms with van der Waals surface area (Å²) in [4.78, 5) is 13.5. The first-order chi connectivity index (χ1) is 18.7. The van der Waals surface area contributed by atoms with Crippen molar-refractivity contribution >= 4 is 5.91 Å². The van der Waals surface area contributed by atoms with Crippen molar-refractivity contribution in [2.45, 2.75) is 56.9 Å². The van der Waals surface area contributed by atoms with Crippen LogP contribution < -0.4 is 14.8 Å². The number of rotatable bonds is 10. The standard InChI is InChI=1S/C31H37NO7/c1-31(2)28(37-4)26(33)27(34)30(39-31)38-21-16-17-22(23-14-8-9-15-25(23)36-3)24(19-21)29(35)32-18-10-13-20-11-6-5-7-12-20/h5-9,11-12,14-17,19,26-28,30,33-34H,10,13,18H2,1-4H3,(H,32,35)/t26-,27+,28+,30-/m0/s1. The molecule has 0 aliphatic carbocycles. The van der Waals surface area contributed by atoms with Gasteiger partial charge in [0.15, 0.2) is 0 Å². The molecule has 1 aliphatic rings. The number of benzene rings is 3. The highest BCUT2D eigenvalue weighted by Crippen LogP contribution is 2.36. The molecule has 0 bridgehead atoms. The van der Waals surface area contributed by atoms with Gasteiger partial charge in [0, 0.05) is 19.2 Å². The van der Waals surface area contributed by atoms with Gasteiger partial charge in [-0.2, -0.15) is 0 Å². The van der Waals surface area contributed by atoms with Crippen molar-refractivity contribution in [2.75, 3.05) is 20.8 Å². The Balaban J connectivity index is 1.57. The van der Waals surface area contributed by atoms with Gasteiger partial charge in [-0.15, -0.1) is 0 Å². The van der Waals surface area contributed by atoms with Crippen LogP contribution in [0.15, 0.2) is 72.8 Å². The summed E-state index contributed by atoms with van der Waals surface area (Å²) in [5.41, 5.74) is 2.11. The van der Waals surface area contributed by atoms with Crippen LogP contribution in [0.25, 0.3) is 11.1 Å². The van der Waals surface area contributed by atoms with Crippen LogP contribution in [-0.4, -0.2) is 67.1 Å². The molecule has 1 heterocycles. The lowest BCUT2D eigenvalue weighted by Gasteiger charge is -2.46. The van der Waals surface area contributed by atoms with E-state index < -0.39 is 30.2 Å². The lowest BCUT2D eigenvalue weighted by molar-refractivity contribution is -0.305. The average Bonchev–Trinajstić information content (AvgIpc) is 2.94. The minimum Gasteiger partial charge on any atom is -0.496 e. The second-order valence-corrected chi connectivity index (χ2v) is 10.1. The number of aliphatic hydroxyl groups excluding tert-OH is 2. The lowest BCUT2D eigenvalue weighted by Crippen LogP contribution is -2.63. The zero-order chi connectivity index (χ0) is 28.0. The monoisotopic (exact) mass is 535 g/mol. The molecular formula is C31H37NO7. The largest absolute Gasteiger partial charge is 0.496 e. The van der Waals surface area contributed by atoms with Crippen LogP contribution in [0.3, 0.4) is 0 Å². The number of amides is 1. The van der Waals surface area contributed by atoms with E-state index in [0.717, 1.165) is 18.4 Å². The van der Waals surface area contributed by atoms with Gasteiger partial charge in [0.1, 0.15) is 29.8 Å². The normalized spacial score (nSPS) is 22.2. The second-order valence-electron chi connectivity index (χ2n) is 10.1. The van der Waals surface area contributed by atoms with Crippen molar-refractivity contribution in [1.82, 2.24) is 5.32 Å². The minimum absolute atomic E-state index is 0.264. The van der Waals surface area contributed by atoms with Gasteiger partial charge in [0.05, 0.1) is 18.3 Å². The van der Waals surface area contributed by atoms with Crippen LogP contribution >= 0.6 is 0 Å². The van der Waals surface area contributed by atoms with E-state index in [1.165, 1.54) is 12.7 Å². The molecule has 39 heavy (non-hydrogen) atoms. The topological polar surface area (TPSA) is 106 Å². The van der Waals surface area contributed by atoms with E-state index in [1.54, 1.807) is 39.2 Å². The van der Waals surface area contributed by atoms with E-state index in [1.807, 2.05) is 42.5 Å². The van der Waals surface area contributed by atoms with Crippen LogP contribution in [-0.2, 0) is 15.9 Å². The summed E-state index contributed by atoms with van der Waals surface area (Å²) in [6.45, 7) is 4.00. The number of aryl methyl sites for hydroxylation is 1. The summed E-state index contributed by atoms with van der Waals surface area (Å²) >= 11 is 0. The number of ether oxygens (including phenoxy) is 4. The fourth-order valence-electron chi connectivity index (χ4n) is 4.96. The van der Waals surface area contributed by atoms with Crippen LogP contribution in [0.4, 0.5) is 0 Å².